The zero-order valence-corrected chi connectivity index (χ0v) is 9.86. The van der Waals surface area contributed by atoms with E-state index in [-0.39, 0.29) is 11.9 Å². The fourth-order valence-electron chi connectivity index (χ4n) is 1.33. The lowest BCUT2D eigenvalue weighted by Crippen LogP contribution is -2.17. The monoisotopic (exact) mass is 221 g/mol. The van der Waals surface area contributed by atoms with E-state index in [4.69, 9.17) is 5.73 Å². The second-order valence-corrected chi connectivity index (χ2v) is 4.14. The van der Waals surface area contributed by atoms with Gasteiger partial charge in [-0.05, 0) is 38.3 Å². The summed E-state index contributed by atoms with van der Waals surface area (Å²) >= 11 is 0. The maximum atomic E-state index is 11.5. The van der Waals surface area contributed by atoms with E-state index in [0.717, 1.165) is 18.4 Å². The van der Waals surface area contributed by atoms with E-state index in [9.17, 15) is 4.79 Å². The van der Waals surface area contributed by atoms with Crippen molar-refractivity contribution in [3.8, 4) is 0 Å². The van der Waals surface area contributed by atoms with Gasteiger partial charge in [0.15, 0.2) is 0 Å². The molecular weight excluding hydrogens is 202 g/mol. The van der Waals surface area contributed by atoms with Gasteiger partial charge in [0, 0.05) is 18.7 Å². The van der Waals surface area contributed by atoms with E-state index in [1.807, 2.05) is 19.9 Å². The molecule has 0 aliphatic heterocycles. The number of anilines is 1. The largest absolute Gasteiger partial charge is 0.328 e. The molecule has 1 heterocycles. The third kappa shape index (κ3) is 4.89. The van der Waals surface area contributed by atoms with Crippen molar-refractivity contribution in [1.82, 2.24) is 4.98 Å². The Balaban J connectivity index is 2.31. The van der Waals surface area contributed by atoms with Crippen LogP contribution in [0.25, 0.3) is 0 Å². The van der Waals surface area contributed by atoms with Gasteiger partial charge in [-0.2, -0.15) is 0 Å². The van der Waals surface area contributed by atoms with Crippen LogP contribution in [0.15, 0.2) is 18.3 Å². The highest BCUT2D eigenvalue weighted by Crippen LogP contribution is 2.06. The third-order valence-electron chi connectivity index (χ3n) is 2.24. The summed E-state index contributed by atoms with van der Waals surface area (Å²) in [5, 5.41) is 2.75. The van der Waals surface area contributed by atoms with Gasteiger partial charge in [-0.3, -0.25) is 4.79 Å². The smallest absolute Gasteiger partial charge is 0.225 e. The van der Waals surface area contributed by atoms with Crippen LogP contribution in [0.5, 0.6) is 0 Å². The van der Waals surface area contributed by atoms with E-state index in [0.29, 0.717) is 12.2 Å². The molecule has 1 amide bonds. The molecule has 0 aliphatic carbocycles. The molecule has 0 aliphatic rings. The number of aryl methyl sites for hydroxylation is 1. The Kier molecular flexibility index (Phi) is 4.92. The summed E-state index contributed by atoms with van der Waals surface area (Å²) in [7, 11) is 0. The average molecular weight is 221 g/mol. The number of carbonyl (C=O) groups excluding carboxylic acids is 1. The minimum atomic E-state index is -0.00277. The predicted molar refractivity (Wildman–Crippen MR) is 65.1 cm³/mol. The lowest BCUT2D eigenvalue weighted by molar-refractivity contribution is -0.116. The fourth-order valence-corrected chi connectivity index (χ4v) is 1.33. The molecule has 0 saturated heterocycles. The molecule has 0 fully saturated rings. The molecule has 1 rings (SSSR count). The quantitative estimate of drug-likeness (QED) is 0.797. The van der Waals surface area contributed by atoms with Gasteiger partial charge >= 0.3 is 0 Å². The Morgan fingerprint density at radius 1 is 1.56 bits per heavy atom. The highest BCUT2D eigenvalue weighted by Gasteiger charge is 2.03. The number of nitrogens with one attached hydrogen (secondary N) is 1. The zero-order chi connectivity index (χ0) is 12.0. The SMILES string of the molecule is Cc1ccc(NC(=O)CCCC(C)N)nc1. The first-order valence-electron chi connectivity index (χ1n) is 5.56. The molecule has 1 unspecified atom stereocenters. The van der Waals surface area contributed by atoms with Crippen LogP contribution in [0.3, 0.4) is 0 Å². The van der Waals surface area contributed by atoms with E-state index in [1.54, 1.807) is 12.3 Å². The first kappa shape index (κ1) is 12.6. The molecule has 0 spiro atoms. The minimum Gasteiger partial charge on any atom is -0.328 e. The van der Waals surface area contributed by atoms with E-state index in [1.165, 1.54) is 0 Å². The molecule has 1 atom stereocenters. The Labute approximate surface area is 96.3 Å². The summed E-state index contributed by atoms with van der Waals surface area (Å²) in [5.74, 6) is 0.605. The first-order chi connectivity index (χ1) is 7.58. The summed E-state index contributed by atoms with van der Waals surface area (Å²) < 4.78 is 0. The maximum Gasteiger partial charge on any atom is 0.225 e. The Bertz CT molecular complexity index is 333. The highest BCUT2D eigenvalue weighted by molar-refractivity contribution is 5.89. The standard InChI is InChI=1S/C12H19N3O/c1-9-6-7-11(14-8-9)15-12(16)5-3-4-10(2)13/h6-8,10H,3-5,13H2,1-2H3,(H,14,15,16). The van der Waals surface area contributed by atoms with Gasteiger partial charge in [0.1, 0.15) is 5.82 Å². The molecule has 0 saturated carbocycles. The van der Waals surface area contributed by atoms with Gasteiger partial charge < -0.3 is 11.1 Å². The van der Waals surface area contributed by atoms with Crippen molar-refractivity contribution in [3.05, 3.63) is 23.9 Å². The van der Waals surface area contributed by atoms with Gasteiger partial charge in [0.25, 0.3) is 0 Å². The number of pyridine rings is 1. The summed E-state index contributed by atoms with van der Waals surface area (Å²) in [6.07, 6.45) is 3.92. The molecule has 0 radical (unpaired) electrons. The van der Waals surface area contributed by atoms with Crippen molar-refractivity contribution in [2.75, 3.05) is 5.32 Å². The number of hydrogen-bond acceptors (Lipinski definition) is 3. The van der Waals surface area contributed by atoms with Gasteiger partial charge in [-0.15, -0.1) is 0 Å². The van der Waals surface area contributed by atoms with Crippen LogP contribution in [-0.4, -0.2) is 16.9 Å². The van der Waals surface area contributed by atoms with Crippen molar-refractivity contribution in [2.24, 2.45) is 5.73 Å². The topological polar surface area (TPSA) is 68.0 Å². The summed E-state index contributed by atoms with van der Waals surface area (Å²) in [4.78, 5) is 15.6. The predicted octanol–water partition coefficient (Wildman–Crippen LogP) is 1.85. The van der Waals surface area contributed by atoms with Crippen molar-refractivity contribution in [2.45, 2.75) is 39.2 Å². The van der Waals surface area contributed by atoms with Crippen LogP contribution in [0.4, 0.5) is 5.82 Å². The van der Waals surface area contributed by atoms with Crippen molar-refractivity contribution in [3.63, 3.8) is 0 Å². The second kappa shape index (κ2) is 6.23. The summed E-state index contributed by atoms with van der Waals surface area (Å²) in [5.41, 5.74) is 6.68. The van der Waals surface area contributed by atoms with Gasteiger partial charge in [-0.1, -0.05) is 6.07 Å². The fraction of sp³-hybridized carbons (Fsp3) is 0.500. The summed E-state index contributed by atoms with van der Waals surface area (Å²) in [6, 6.07) is 3.88. The first-order valence-corrected chi connectivity index (χ1v) is 5.56. The van der Waals surface area contributed by atoms with Gasteiger partial charge in [0.2, 0.25) is 5.91 Å². The van der Waals surface area contributed by atoms with E-state index >= 15 is 0 Å². The molecular formula is C12H19N3O. The highest BCUT2D eigenvalue weighted by atomic mass is 16.1. The summed E-state index contributed by atoms with van der Waals surface area (Å²) in [6.45, 7) is 3.90. The number of amides is 1. The number of hydrogen-bond donors (Lipinski definition) is 2. The van der Waals surface area contributed by atoms with Crippen LogP contribution >= 0.6 is 0 Å². The van der Waals surface area contributed by atoms with Gasteiger partial charge in [0.05, 0.1) is 0 Å². The molecule has 4 nitrogen and oxygen atoms in total. The van der Waals surface area contributed by atoms with Crippen LogP contribution in [-0.2, 0) is 4.79 Å². The second-order valence-electron chi connectivity index (χ2n) is 4.14. The molecule has 3 N–H and O–H groups in total. The number of carbonyl (C=O) groups is 1. The van der Waals surface area contributed by atoms with Crippen LogP contribution in [0.2, 0.25) is 0 Å². The van der Waals surface area contributed by atoms with E-state index in [2.05, 4.69) is 10.3 Å². The maximum absolute atomic E-state index is 11.5. The Morgan fingerprint density at radius 2 is 2.31 bits per heavy atom. The average Bonchev–Trinajstić information content (AvgIpc) is 2.21. The number of rotatable bonds is 5. The van der Waals surface area contributed by atoms with Crippen molar-refractivity contribution < 1.29 is 4.79 Å². The lowest BCUT2D eigenvalue weighted by Gasteiger charge is -2.06. The van der Waals surface area contributed by atoms with Crippen LogP contribution in [0, 0.1) is 6.92 Å². The normalized spacial score (nSPS) is 12.2. The Morgan fingerprint density at radius 3 is 2.88 bits per heavy atom. The number of aromatic nitrogens is 1. The van der Waals surface area contributed by atoms with Gasteiger partial charge in [-0.25, -0.2) is 4.98 Å². The van der Waals surface area contributed by atoms with E-state index < -0.39 is 0 Å². The van der Waals surface area contributed by atoms with Crippen molar-refractivity contribution in [1.29, 1.82) is 0 Å². The lowest BCUT2D eigenvalue weighted by atomic mass is 10.1. The molecule has 16 heavy (non-hydrogen) atoms. The Hall–Kier alpha value is -1.42. The van der Waals surface area contributed by atoms with Crippen molar-refractivity contribution >= 4 is 11.7 Å². The number of nitrogens with zero attached hydrogens (tertiary/aromatic N) is 1. The number of nitrogens with two attached hydrogens (primary N) is 1. The molecule has 0 bridgehead atoms. The zero-order valence-electron chi connectivity index (χ0n) is 9.86. The molecule has 1 aromatic heterocycles. The van der Waals surface area contributed by atoms with Crippen LogP contribution in [0.1, 0.15) is 31.7 Å². The molecule has 0 aromatic carbocycles. The molecule has 88 valence electrons. The molecule has 1 aromatic rings. The minimum absolute atomic E-state index is 0.00277. The third-order valence-corrected chi connectivity index (χ3v) is 2.24. The van der Waals surface area contributed by atoms with Crippen LogP contribution < -0.4 is 11.1 Å². The molecule has 4 heteroatoms.